The number of hydrogen-bond donors (Lipinski definition) is 0. The van der Waals surface area contributed by atoms with Crippen molar-refractivity contribution in [3.8, 4) is 6.07 Å². The molecule has 0 heterocycles. The van der Waals surface area contributed by atoms with Crippen molar-refractivity contribution >= 4 is 15.9 Å². The van der Waals surface area contributed by atoms with Gasteiger partial charge < -0.3 is 0 Å². The number of rotatable bonds is 2. The van der Waals surface area contributed by atoms with E-state index in [2.05, 4.69) is 22.0 Å². The summed E-state index contributed by atoms with van der Waals surface area (Å²) in [5.41, 5.74) is 1.31. The van der Waals surface area contributed by atoms with E-state index in [1.807, 2.05) is 0 Å². The molecule has 68 valence electrons. The zero-order valence-electron chi connectivity index (χ0n) is 7.22. The van der Waals surface area contributed by atoms with Crippen LogP contribution in [-0.2, 0) is 0 Å². The van der Waals surface area contributed by atoms with Crippen molar-refractivity contribution in [1.29, 1.82) is 5.26 Å². The van der Waals surface area contributed by atoms with Crippen LogP contribution in [0.4, 0.5) is 4.39 Å². The summed E-state index contributed by atoms with van der Waals surface area (Å²) in [6, 6.07) is 7.33. The molecule has 0 aromatic heterocycles. The largest absolute Gasteiger partial charge is 0.250 e. The van der Waals surface area contributed by atoms with Crippen molar-refractivity contribution in [3.63, 3.8) is 0 Å². The molecule has 0 amide bonds. The molecule has 1 aromatic rings. The predicted molar refractivity (Wildman–Crippen MR) is 53.2 cm³/mol. The van der Waals surface area contributed by atoms with Crippen molar-refractivity contribution in [1.82, 2.24) is 0 Å². The molecule has 0 radical (unpaired) electrons. The second-order valence-corrected chi connectivity index (χ2v) is 3.81. The van der Waals surface area contributed by atoms with Crippen LogP contribution in [-0.4, -0.2) is 6.67 Å². The minimum absolute atomic E-state index is 0.216. The third-order valence-corrected chi connectivity index (χ3v) is 2.39. The fraction of sp³-hybridized carbons (Fsp3) is 0.300. The minimum atomic E-state index is -0.439. The van der Waals surface area contributed by atoms with E-state index in [0.29, 0.717) is 5.56 Å². The van der Waals surface area contributed by atoms with Gasteiger partial charge in [0.25, 0.3) is 0 Å². The van der Waals surface area contributed by atoms with Crippen molar-refractivity contribution < 1.29 is 4.39 Å². The highest BCUT2D eigenvalue weighted by molar-refractivity contribution is 9.10. The summed E-state index contributed by atoms with van der Waals surface area (Å²) in [5.74, 6) is -0.216. The lowest BCUT2D eigenvalue weighted by Crippen LogP contribution is -1.98. The van der Waals surface area contributed by atoms with Crippen molar-refractivity contribution in [2.75, 3.05) is 6.67 Å². The summed E-state index contributed by atoms with van der Waals surface area (Å²) in [7, 11) is 0. The number of nitriles is 1. The zero-order chi connectivity index (χ0) is 9.84. The monoisotopic (exact) mass is 241 g/mol. The van der Waals surface area contributed by atoms with Crippen LogP contribution in [0.3, 0.4) is 0 Å². The van der Waals surface area contributed by atoms with Crippen LogP contribution in [0, 0.1) is 11.3 Å². The number of hydrogen-bond acceptors (Lipinski definition) is 1. The summed E-state index contributed by atoms with van der Waals surface area (Å²) >= 11 is 3.29. The lowest BCUT2D eigenvalue weighted by Gasteiger charge is -2.09. The Kier molecular flexibility index (Phi) is 3.44. The summed E-state index contributed by atoms with van der Waals surface area (Å²) in [6.07, 6.45) is 0. The highest BCUT2D eigenvalue weighted by Crippen LogP contribution is 2.23. The van der Waals surface area contributed by atoms with Crippen LogP contribution in [0.2, 0.25) is 0 Å². The van der Waals surface area contributed by atoms with Gasteiger partial charge in [-0.15, -0.1) is 0 Å². The van der Waals surface area contributed by atoms with Gasteiger partial charge in [-0.25, -0.2) is 0 Å². The van der Waals surface area contributed by atoms with Crippen LogP contribution < -0.4 is 0 Å². The number of nitrogens with zero attached hydrogens (tertiary/aromatic N) is 1. The van der Waals surface area contributed by atoms with E-state index in [-0.39, 0.29) is 5.92 Å². The number of benzene rings is 1. The fourth-order valence-corrected chi connectivity index (χ4v) is 1.51. The third-order valence-electron chi connectivity index (χ3n) is 1.90. The zero-order valence-corrected chi connectivity index (χ0v) is 8.81. The second kappa shape index (κ2) is 4.38. The molecule has 0 N–H and O–H groups in total. The Bertz CT molecular complexity index is 343. The maximum Gasteiger partial charge on any atom is 0.0994 e. The number of halogens is 2. The van der Waals surface area contributed by atoms with E-state index >= 15 is 0 Å². The van der Waals surface area contributed by atoms with E-state index in [0.717, 1.165) is 10.0 Å². The topological polar surface area (TPSA) is 23.8 Å². The SMILES string of the molecule is CC(CF)c1cc(Br)ccc1C#N. The van der Waals surface area contributed by atoms with E-state index in [1.165, 1.54) is 0 Å². The average Bonchev–Trinajstić information content (AvgIpc) is 2.16. The van der Waals surface area contributed by atoms with Crippen molar-refractivity contribution in [2.45, 2.75) is 12.8 Å². The first-order valence-electron chi connectivity index (χ1n) is 3.94. The van der Waals surface area contributed by atoms with E-state index in [9.17, 15) is 4.39 Å². The molecule has 13 heavy (non-hydrogen) atoms. The average molecular weight is 242 g/mol. The lowest BCUT2D eigenvalue weighted by atomic mass is 9.97. The summed E-state index contributed by atoms with van der Waals surface area (Å²) < 4.78 is 13.3. The standard InChI is InChI=1S/C10H9BrFN/c1-7(5-12)10-4-9(11)3-2-8(10)6-13/h2-4,7H,5H2,1H3. The smallest absolute Gasteiger partial charge is 0.0994 e. The van der Waals surface area contributed by atoms with Gasteiger partial charge in [-0.1, -0.05) is 22.9 Å². The maximum absolute atomic E-state index is 12.4. The molecule has 1 aromatic carbocycles. The van der Waals surface area contributed by atoms with E-state index in [1.54, 1.807) is 25.1 Å². The quantitative estimate of drug-likeness (QED) is 0.779. The Labute approximate surface area is 85.3 Å². The first kappa shape index (κ1) is 10.2. The van der Waals surface area contributed by atoms with Gasteiger partial charge in [0.05, 0.1) is 18.3 Å². The van der Waals surface area contributed by atoms with Gasteiger partial charge in [0.2, 0.25) is 0 Å². The highest BCUT2D eigenvalue weighted by atomic mass is 79.9. The van der Waals surface area contributed by atoms with Gasteiger partial charge in [-0.2, -0.15) is 5.26 Å². The first-order chi connectivity index (χ1) is 6.19. The maximum atomic E-state index is 12.4. The molecule has 0 saturated carbocycles. The normalized spacial score (nSPS) is 12.2. The van der Waals surface area contributed by atoms with Crippen LogP contribution >= 0.6 is 15.9 Å². The van der Waals surface area contributed by atoms with Gasteiger partial charge in [0.15, 0.2) is 0 Å². The molecule has 0 spiro atoms. The second-order valence-electron chi connectivity index (χ2n) is 2.90. The van der Waals surface area contributed by atoms with Gasteiger partial charge in [-0.05, 0) is 23.8 Å². The van der Waals surface area contributed by atoms with Crippen molar-refractivity contribution in [2.24, 2.45) is 0 Å². The van der Waals surface area contributed by atoms with Crippen LogP contribution in [0.15, 0.2) is 22.7 Å². The Balaban J connectivity index is 3.17. The molecule has 1 atom stereocenters. The fourth-order valence-electron chi connectivity index (χ4n) is 1.13. The molecule has 0 aliphatic heterocycles. The van der Waals surface area contributed by atoms with Crippen LogP contribution in [0.5, 0.6) is 0 Å². The van der Waals surface area contributed by atoms with Gasteiger partial charge >= 0.3 is 0 Å². The molecule has 3 heteroatoms. The Morgan fingerprint density at radius 1 is 1.62 bits per heavy atom. The molecule has 1 unspecified atom stereocenters. The molecular weight excluding hydrogens is 233 g/mol. The van der Waals surface area contributed by atoms with Gasteiger partial charge in [0, 0.05) is 10.4 Å². The molecule has 0 saturated heterocycles. The molecule has 1 rings (SSSR count). The third kappa shape index (κ3) is 2.28. The van der Waals surface area contributed by atoms with E-state index in [4.69, 9.17) is 5.26 Å². The summed E-state index contributed by atoms with van der Waals surface area (Å²) in [4.78, 5) is 0. The molecule has 0 fully saturated rings. The Hall–Kier alpha value is -0.880. The van der Waals surface area contributed by atoms with Crippen molar-refractivity contribution in [3.05, 3.63) is 33.8 Å². The predicted octanol–water partition coefficient (Wildman–Crippen LogP) is 3.39. The molecular formula is C10H9BrFN. The van der Waals surface area contributed by atoms with Crippen LogP contribution in [0.1, 0.15) is 24.0 Å². The summed E-state index contributed by atoms with van der Waals surface area (Å²) in [5, 5.41) is 8.77. The number of alkyl halides is 1. The highest BCUT2D eigenvalue weighted by Gasteiger charge is 2.10. The lowest BCUT2D eigenvalue weighted by molar-refractivity contribution is 0.447. The first-order valence-corrected chi connectivity index (χ1v) is 4.74. The molecule has 1 nitrogen and oxygen atoms in total. The molecule has 0 aliphatic carbocycles. The van der Waals surface area contributed by atoms with E-state index < -0.39 is 6.67 Å². The summed E-state index contributed by atoms with van der Waals surface area (Å²) in [6.45, 7) is 1.33. The molecule has 0 bridgehead atoms. The van der Waals surface area contributed by atoms with Crippen LogP contribution in [0.25, 0.3) is 0 Å². The molecule has 0 aliphatic rings. The van der Waals surface area contributed by atoms with Gasteiger partial charge in [-0.3, -0.25) is 4.39 Å². The Morgan fingerprint density at radius 3 is 2.85 bits per heavy atom. The Morgan fingerprint density at radius 2 is 2.31 bits per heavy atom. The minimum Gasteiger partial charge on any atom is -0.250 e. The van der Waals surface area contributed by atoms with Gasteiger partial charge in [0.1, 0.15) is 0 Å².